The fourth-order valence-corrected chi connectivity index (χ4v) is 0.583. The van der Waals surface area contributed by atoms with E-state index >= 15 is 0 Å². The van der Waals surface area contributed by atoms with Gasteiger partial charge in [-0.25, -0.2) is 0 Å². The molecule has 0 aromatic carbocycles. The molecule has 0 amide bonds. The lowest BCUT2D eigenvalue weighted by Gasteiger charge is -2.41. The molecule has 1 atom stereocenters. The van der Waals surface area contributed by atoms with Crippen molar-refractivity contribution in [1.82, 2.24) is 0 Å². The lowest BCUT2D eigenvalue weighted by atomic mass is 9.84. The first-order valence-electron chi connectivity index (χ1n) is 2.74. The lowest BCUT2D eigenvalue weighted by Crippen LogP contribution is -2.45. The molecule has 0 radical (unpaired) electrons. The predicted octanol–water partition coefficient (Wildman–Crippen LogP) is 1.43. The summed E-state index contributed by atoms with van der Waals surface area (Å²) >= 11 is 0. The van der Waals surface area contributed by atoms with Crippen molar-refractivity contribution in [3.8, 4) is 0 Å². The van der Waals surface area contributed by atoms with Gasteiger partial charge in [-0.2, -0.15) is 0 Å². The molecule has 0 saturated carbocycles. The second kappa shape index (κ2) is 1.22. The van der Waals surface area contributed by atoms with Gasteiger partial charge in [0.25, 0.3) is 0 Å². The fraction of sp³-hybridized carbons (Fsp3) is 1.00. The van der Waals surface area contributed by atoms with Gasteiger partial charge in [0.15, 0.2) is 0 Å². The Kier molecular flexibility index (Phi) is 0.890. The molecule has 7 heavy (non-hydrogen) atoms. The Balaban J connectivity index is 2.43. The van der Waals surface area contributed by atoms with Crippen LogP contribution >= 0.6 is 0 Å². The van der Waals surface area contributed by atoms with E-state index in [1.165, 1.54) is 0 Å². The Labute approximate surface area is 44.7 Å². The first-order chi connectivity index (χ1) is 3.13. The summed E-state index contributed by atoms with van der Waals surface area (Å²) < 4.78 is 5.15. The van der Waals surface area contributed by atoms with Gasteiger partial charge in [-0.05, 0) is 6.92 Å². The first-order valence-corrected chi connectivity index (χ1v) is 2.74. The SMILES string of the molecule is CC1OCC1(C)C. The van der Waals surface area contributed by atoms with Gasteiger partial charge in [0.2, 0.25) is 0 Å². The Morgan fingerprint density at radius 2 is 2.00 bits per heavy atom. The molecular weight excluding hydrogens is 88.1 g/mol. The molecule has 1 aliphatic rings. The Hall–Kier alpha value is -0.0400. The lowest BCUT2D eigenvalue weighted by molar-refractivity contribution is -0.156. The van der Waals surface area contributed by atoms with Crippen LogP contribution in [0.4, 0.5) is 0 Å². The van der Waals surface area contributed by atoms with Gasteiger partial charge in [-0.15, -0.1) is 0 Å². The molecule has 0 N–H and O–H groups in total. The first kappa shape index (κ1) is 5.10. The largest absolute Gasteiger partial charge is 0.377 e. The average Bonchev–Trinajstić information content (AvgIpc) is 1.63. The van der Waals surface area contributed by atoms with Crippen molar-refractivity contribution < 1.29 is 4.74 Å². The molecule has 0 spiro atoms. The van der Waals surface area contributed by atoms with Gasteiger partial charge in [0, 0.05) is 5.41 Å². The van der Waals surface area contributed by atoms with Crippen LogP contribution in [0.3, 0.4) is 0 Å². The van der Waals surface area contributed by atoms with Crippen LogP contribution in [-0.4, -0.2) is 12.7 Å². The number of rotatable bonds is 0. The van der Waals surface area contributed by atoms with E-state index in [4.69, 9.17) is 4.74 Å². The van der Waals surface area contributed by atoms with Crippen molar-refractivity contribution in [2.24, 2.45) is 5.41 Å². The minimum absolute atomic E-state index is 0.458. The second-order valence-corrected chi connectivity index (χ2v) is 2.94. The van der Waals surface area contributed by atoms with Crippen molar-refractivity contribution in [1.29, 1.82) is 0 Å². The quantitative estimate of drug-likeness (QED) is 0.447. The highest BCUT2D eigenvalue weighted by molar-refractivity contribution is 4.83. The predicted molar refractivity (Wildman–Crippen MR) is 29.2 cm³/mol. The maximum Gasteiger partial charge on any atom is 0.0620 e. The van der Waals surface area contributed by atoms with Crippen LogP contribution in [0.5, 0.6) is 0 Å². The zero-order chi connectivity index (χ0) is 5.49. The summed E-state index contributed by atoms with van der Waals surface area (Å²) in [4.78, 5) is 0. The highest BCUT2D eigenvalue weighted by Gasteiger charge is 2.35. The topological polar surface area (TPSA) is 9.23 Å². The van der Waals surface area contributed by atoms with Crippen LogP contribution < -0.4 is 0 Å². The van der Waals surface area contributed by atoms with Crippen LogP contribution in [0, 0.1) is 5.41 Å². The Bertz CT molecular complexity index is 76.2. The van der Waals surface area contributed by atoms with Crippen molar-refractivity contribution in [3.63, 3.8) is 0 Å². The Morgan fingerprint density at radius 3 is 2.00 bits per heavy atom. The molecule has 1 fully saturated rings. The highest BCUT2D eigenvalue weighted by atomic mass is 16.5. The Morgan fingerprint density at radius 1 is 1.57 bits per heavy atom. The number of hydrogen-bond donors (Lipinski definition) is 0. The zero-order valence-corrected chi connectivity index (χ0v) is 5.19. The minimum Gasteiger partial charge on any atom is -0.377 e. The van der Waals surface area contributed by atoms with Gasteiger partial charge >= 0.3 is 0 Å². The van der Waals surface area contributed by atoms with Gasteiger partial charge in [-0.3, -0.25) is 0 Å². The van der Waals surface area contributed by atoms with Gasteiger partial charge < -0.3 is 4.74 Å². The van der Waals surface area contributed by atoms with Gasteiger partial charge in [-0.1, -0.05) is 13.8 Å². The molecular formula is C6H12O. The van der Waals surface area contributed by atoms with E-state index < -0.39 is 0 Å². The van der Waals surface area contributed by atoms with Gasteiger partial charge in [0.05, 0.1) is 12.7 Å². The summed E-state index contributed by atoms with van der Waals surface area (Å²) in [6.07, 6.45) is 0.479. The summed E-state index contributed by atoms with van der Waals surface area (Å²) in [7, 11) is 0. The normalized spacial score (nSPS) is 37.3. The highest BCUT2D eigenvalue weighted by Crippen LogP contribution is 2.32. The minimum atomic E-state index is 0.458. The third kappa shape index (κ3) is 0.653. The molecule has 1 aliphatic heterocycles. The molecule has 1 heterocycles. The summed E-state index contributed by atoms with van der Waals surface area (Å²) in [5, 5.41) is 0. The van der Waals surface area contributed by atoms with Crippen LogP contribution in [0.1, 0.15) is 20.8 Å². The van der Waals surface area contributed by atoms with E-state index in [9.17, 15) is 0 Å². The third-order valence-electron chi connectivity index (χ3n) is 1.81. The molecule has 0 aromatic rings. The second-order valence-electron chi connectivity index (χ2n) is 2.94. The van der Waals surface area contributed by atoms with Crippen LogP contribution in [-0.2, 0) is 4.74 Å². The van der Waals surface area contributed by atoms with Crippen LogP contribution in [0.25, 0.3) is 0 Å². The maximum absolute atomic E-state index is 5.15. The molecule has 1 rings (SSSR count). The van der Waals surface area contributed by atoms with Crippen molar-refractivity contribution in [2.75, 3.05) is 6.61 Å². The summed E-state index contributed by atoms with van der Waals surface area (Å²) in [6.45, 7) is 7.50. The van der Waals surface area contributed by atoms with E-state index in [-0.39, 0.29) is 0 Å². The maximum atomic E-state index is 5.15. The van der Waals surface area contributed by atoms with E-state index in [1.807, 2.05) is 0 Å². The molecule has 0 bridgehead atoms. The third-order valence-corrected chi connectivity index (χ3v) is 1.81. The van der Waals surface area contributed by atoms with Crippen LogP contribution in [0.2, 0.25) is 0 Å². The molecule has 1 saturated heterocycles. The van der Waals surface area contributed by atoms with E-state index in [1.54, 1.807) is 0 Å². The van der Waals surface area contributed by atoms with E-state index in [0.717, 1.165) is 6.61 Å². The summed E-state index contributed by atoms with van der Waals surface area (Å²) in [6, 6.07) is 0. The molecule has 1 unspecified atom stereocenters. The van der Waals surface area contributed by atoms with Crippen molar-refractivity contribution >= 4 is 0 Å². The average molecular weight is 100 g/mol. The number of hydrogen-bond acceptors (Lipinski definition) is 1. The summed E-state index contributed by atoms with van der Waals surface area (Å²) in [5.41, 5.74) is 0.458. The van der Waals surface area contributed by atoms with Gasteiger partial charge in [0.1, 0.15) is 0 Å². The fourth-order valence-electron chi connectivity index (χ4n) is 0.583. The van der Waals surface area contributed by atoms with Crippen molar-refractivity contribution in [2.45, 2.75) is 26.9 Å². The summed E-state index contributed by atoms with van der Waals surface area (Å²) in [5.74, 6) is 0. The smallest absolute Gasteiger partial charge is 0.0620 e. The van der Waals surface area contributed by atoms with Crippen LogP contribution in [0.15, 0.2) is 0 Å². The monoisotopic (exact) mass is 100 g/mol. The molecule has 42 valence electrons. The molecule has 1 nitrogen and oxygen atoms in total. The number of ether oxygens (including phenoxy) is 1. The van der Waals surface area contributed by atoms with E-state index in [2.05, 4.69) is 20.8 Å². The standard InChI is InChI=1S/C6H12O/c1-5-6(2,3)4-7-5/h5H,4H2,1-3H3. The van der Waals surface area contributed by atoms with E-state index in [0.29, 0.717) is 11.5 Å². The zero-order valence-electron chi connectivity index (χ0n) is 5.19. The molecule has 0 aliphatic carbocycles. The molecule has 0 aromatic heterocycles. The molecule has 1 heteroatoms. The van der Waals surface area contributed by atoms with Crippen molar-refractivity contribution in [3.05, 3.63) is 0 Å².